The average Bonchev–Trinajstić information content (AvgIpc) is 2.71. The van der Waals surface area contributed by atoms with E-state index in [1.54, 1.807) is 7.11 Å². The van der Waals surface area contributed by atoms with Crippen molar-refractivity contribution in [3.8, 4) is 11.5 Å². The summed E-state index contributed by atoms with van der Waals surface area (Å²) in [5.41, 5.74) is 1.06. The zero-order chi connectivity index (χ0) is 20.2. The third kappa shape index (κ3) is 7.20. The number of aliphatic imine (C=N–C) groups is 1. The van der Waals surface area contributed by atoms with Gasteiger partial charge in [-0.05, 0) is 31.0 Å². The minimum atomic E-state index is -0.124. The number of nitrogens with one attached hydrogen (secondary N) is 2. The van der Waals surface area contributed by atoms with Gasteiger partial charge < -0.3 is 29.6 Å². The van der Waals surface area contributed by atoms with Crippen molar-refractivity contribution in [3.63, 3.8) is 0 Å². The molecular formula is C21H35N3O4. The first kappa shape index (κ1) is 22.3. The molecule has 1 aromatic carbocycles. The van der Waals surface area contributed by atoms with Crippen LogP contribution >= 0.6 is 0 Å². The molecule has 0 amide bonds. The van der Waals surface area contributed by atoms with Crippen LogP contribution in [0.5, 0.6) is 11.5 Å². The molecule has 2 N–H and O–H groups in total. The number of rotatable bonds is 11. The minimum absolute atomic E-state index is 0.124. The molecule has 7 nitrogen and oxygen atoms in total. The van der Waals surface area contributed by atoms with Crippen LogP contribution in [0.15, 0.2) is 23.2 Å². The molecule has 1 aliphatic heterocycles. The van der Waals surface area contributed by atoms with Gasteiger partial charge in [-0.1, -0.05) is 19.9 Å². The lowest BCUT2D eigenvalue weighted by atomic mass is 9.84. The molecule has 1 aromatic rings. The van der Waals surface area contributed by atoms with Crippen LogP contribution in [0.4, 0.5) is 0 Å². The quantitative estimate of drug-likeness (QED) is 0.342. The third-order valence-electron chi connectivity index (χ3n) is 4.49. The van der Waals surface area contributed by atoms with Gasteiger partial charge in [-0.25, -0.2) is 0 Å². The second-order valence-electron chi connectivity index (χ2n) is 7.32. The summed E-state index contributed by atoms with van der Waals surface area (Å²) in [5.74, 6) is 2.46. The molecule has 2 rings (SSSR count). The van der Waals surface area contributed by atoms with Crippen LogP contribution in [-0.2, 0) is 14.9 Å². The van der Waals surface area contributed by atoms with Crippen LogP contribution in [0.3, 0.4) is 0 Å². The monoisotopic (exact) mass is 393 g/mol. The Bertz CT molecular complexity index is 620. The zero-order valence-electron chi connectivity index (χ0n) is 17.7. The maximum Gasteiger partial charge on any atom is 0.191 e. The molecule has 0 unspecified atom stereocenters. The van der Waals surface area contributed by atoms with Crippen molar-refractivity contribution in [2.24, 2.45) is 4.99 Å². The van der Waals surface area contributed by atoms with Gasteiger partial charge in [0.15, 0.2) is 17.5 Å². The molecule has 1 aliphatic rings. The summed E-state index contributed by atoms with van der Waals surface area (Å²) in [5, 5.41) is 6.67. The maximum atomic E-state index is 5.72. The van der Waals surface area contributed by atoms with Crippen molar-refractivity contribution in [1.29, 1.82) is 0 Å². The van der Waals surface area contributed by atoms with Gasteiger partial charge in [-0.3, -0.25) is 4.99 Å². The van der Waals surface area contributed by atoms with E-state index >= 15 is 0 Å². The summed E-state index contributed by atoms with van der Waals surface area (Å²) < 4.78 is 21.8. The fraction of sp³-hybridized carbons (Fsp3) is 0.667. The number of fused-ring (bicyclic) bond motifs is 1. The normalized spacial score (nSPS) is 14.1. The Kier molecular flexibility index (Phi) is 9.37. The Labute approximate surface area is 168 Å². The van der Waals surface area contributed by atoms with Gasteiger partial charge in [-0.2, -0.15) is 0 Å². The Morgan fingerprint density at radius 3 is 2.64 bits per heavy atom. The van der Waals surface area contributed by atoms with Gasteiger partial charge in [0.05, 0.1) is 19.8 Å². The summed E-state index contributed by atoms with van der Waals surface area (Å²) in [6, 6.07) is 6.16. The summed E-state index contributed by atoms with van der Waals surface area (Å²) in [6.07, 6.45) is 0.916. The van der Waals surface area contributed by atoms with Crippen molar-refractivity contribution in [2.45, 2.75) is 32.6 Å². The van der Waals surface area contributed by atoms with E-state index in [0.717, 1.165) is 37.0 Å². The molecule has 0 spiro atoms. The molecule has 0 saturated carbocycles. The average molecular weight is 394 g/mol. The number of guanidine groups is 1. The van der Waals surface area contributed by atoms with Crippen LogP contribution in [0.25, 0.3) is 0 Å². The van der Waals surface area contributed by atoms with Crippen LogP contribution in [-0.4, -0.2) is 65.7 Å². The summed E-state index contributed by atoms with van der Waals surface area (Å²) >= 11 is 0. The second kappa shape index (κ2) is 11.8. The standard InChI is InChI=1S/C21H35N3O4/c1-5-22-20(23-9-6-10-26-12-11-25-4)24-16-21(2,3)17-7-8-18-19(15-17)28-14-13-27-18/h7-8,15H,5-6,9-14,16H2,1-4H3,(H2,22,23,24). The maximum absolute atomic E-state index is 5.72. The Morgan fingerprint density at radius 2 is 1.89 bits per heavy atom. The molecule has 1 heterocycles. The van der Waals surface area contributed by atoms with Gasteiger partial charge in [0, 0.05) is 32.2 Å². The number of nitrogens with zero attached hydrogens (tertiary/aromatic N) is 1. The highest BCUT2D eigenvalue weighted by molar-refractivity contribution is 5.79. The molecular weight excluding hydrogens is 358 g/mol. The van der Waals surface area contributed by atoms with E-state index in [4.69, 9.17) is 23.9 Å². The molecule has 0 saturated heterocycles. The van der Waals surface area contributed by atoms with Gasteiger partial charge in [0.2, 0.25) is 0 Å². The highest BCUT2D eigenvalue weighted by Crippen LogP contribution is 2.35. The summed E-state index contributed by atoms with van der Waals surface area (Å²) in [4.78, 5) is 4.78. The number of hydrogen-bond donors (Lipinski definition) is 2. The Balaban J connectivity index is 1.87. The van der Waals surface area contributed by atoms with E-state index in [9.17, 15) is 0 Å². The van der Waals surface area contributed by atoms with Crippen LogP contribution in [0.1, 0.15) is 32.8 Å². The topological polar surface area (TPSA) is 73.3 Å². The second-order valence-corrected chi connectivity index (χ2v) is 7.32. The SMILES string of the molecule is CCNC(=NCC(C)(C)c1ccc2c(c1)OCCO2)NCCCOCCOC. The lowest BCUT2D eigenvalue weighted by Crippen LogP contribution is -2.39. The van der Waals surface area contributed by atoms with E-state index in [0.29, 0.717) is 39.6 Å². The smallest absolute Gasteiger partial charge is 0.191 e. The van der Waals surface area contributed by atoms with E-state index in [-0.39, 0.29) is 5.41 Å². The Morgan fingerprint density at radius 1 is 1.11 bits per heavy atom. The fourth-order valence-corrected chi connectivity index (χ4v) is 2.80. The van der Waals surface area contributed by atoms with Gasteiger partial charge in [0.1, 0.15) is 13.2 Å². The lowest BCUT2D eigenvalue weighted by molar-refractivity contribution is 0.0698. The van der Waals surface area contributed by atoms with Crippen LogP contribution in [0, 0.1) is 0 Å². The lowest BCUT2D eigenvalue weighted by Gasteiger charge is -2.26. The number of methoxy groups -OCH3 is 1. The number of ether oxygens (including phenoxy) is 4. The number of benzene rings is 1. The summed E-state index contributed by atoms with van der Waals surface area (Å²) in [7, 11) is 1.68. The van der Waals surface area contributed by atoms with Crippen molar-refractivity contribution >= 4 is 5.96 Å². The molecule has 0 fully saturated rings. The first-order chi connectivity index (χ1) is 13.6. The highest BCUT2D eigenvalue weighted by Gasteiger charge is 2.23. The predicted molar refractivity (Wildman–Crippen MR) is 112 cm³/mol. The molecule has 0 radical (unpaired) electrons. The largest absolute Gasteiger partial charge is 0.486 e. The number of hydrogen-bond acceptors (Lipinski definition) is 5. The summed E-state index contributed by atoms with van der Waals surface area (Å²) in [6.45, 7) is 11.9. The van der Waals surface area contributed by atoms with Gasteiger partial charge >= 0.3 is 0 Å². The van der Waals surface area contributed by atoms with E-state index in [2.05, 4.69) is 43.5 Å². The van der Waals surface area contributed by atoms with Gasteiger partial charge in [-0.15, -0.1) is 0 Å². The predicted octanol–water partition coefficient (Wildman–Crippen LogP) is 2.34. The van der Waals surface area contributed by atoms with Crippen LogP contribution in [0.2, 0.25) is 0 Å². The molecule has 7 heteroatoms. The van der Waals surface area contributed by atoms with Gasteiger partial charge in [0.25, 0.3) is 0 Å². The molecule has 0 aliphatic carbocycles. The highest BCUT2D eigenvalue weighted by atomic mass is 16.6. The van der Waals surface area contributed by atoms with Crippen molar-refractivity contribution in [3.05, 3.63) is 23.8 Å². The molecule has 158 valence electrons. The first-order valence-corrected chi connectivity index (χ1v) is 10.1. The Hall–Kier alpha value is -1.99. The molecule has 28 heavy (non-hydrogen) atoms. The molecule has 0 aromatic heterocycles. The van der Waals surface area contributed by atoms with E-state index < -0.39 is 0 Å². The van der Waals surface area contributed by atoms with Crippen molar-refractivity contribution in [1.82, 2.24) is 10.6 Å². The van der Waals surface area contributed by atoms with E-state index in [1.165, 1.54) is 5.56 Å². The van der Waals surface area contributed by atoms with E-state index in [1.807, 2.05) is 6.07 Å². The van der Waals surface area contributed by atoms with Crippen molar-refractivity contribution < 1.29 is 18.9 Å². The first-order valence-electron chi connectivity index (χ1n) is 10.1. The zero-order valence-corrected chi connectivity index (χ0v) is 17.7. The molecule has 0 atom stereocenters. The van der Waals surface area contributed by atoms with Crippen LogP contribution < -0.4 is 20.1 Å². The molecule has 0 bridgehead atoms. The minimum Gasteiger partial charge on any atom is -0.486 e. The third-order valence-corrected chi connectivity index (χ3v) is 4.49. The van der Waals surface area contributed by atoms with Crippen molar-refractivity contribution in [2.75, 3.05) is 59.8 Å². The fourth-order valence-electron chi connectivity index (χ4n) is 2.80.